The smallest absolute Gasteiger partial charge is 0.242 e. The number of hydrogen-bond donors (Lipinski definition) is 1. The SMILES string of the molecule is CCc1ccc(NC(=O)CC2SC(=Nc3cccc(Cl)c3)N(CC)C2=O)cc1. The molecule has 2 aromatic rings. The van der Waals surface area contributed by atoms with Gasteiger partial charge >= 0.3 is 0 Å². The fourth-order valence-electron chi connectivity index (χ4n) is 2.88. The van der Waals surface area contributed by atoms with Crippen molar-refractivity contribution in [1.82, 2.24) is 4.90 Å². The van der Waals surface area contributed by atoms with Gasteiger partial charge in [-0.1, -0.05) is 48.5 Å². The lowest BCUT2D eigenvalue weighted by atomic mass is 10.1. The molecular weight excluding hydrogens is 394 g/mol. The van der Waals surface area contributed by atoms with Crippen molar-refractivity contribution >= 4 is 51.7 Å². The summed E-state index contributed by atoms with van der Waals surface area (Å²) in [6, 6.07) is 14.9. The molecule has 0 saturated carbocycles. The number of rotatable bonds is 6. The van der Waals surface area contributed by atoms with Gasteiger partial charge in [-0.15, -0.1) is 0 Å². The van der Waals surface area contributed by atoms with E-state index in [1.54, 1.807) is 17.0 Å². The van der Waals surface area contributed by atoms with Gasteiger partial charge < -0.3 is 5.32 Å². The minimum absolute atomic E-state index is 0.0928. The minimum Gasteiger partial charge on any atom is -0.326 e. The number of anilines is 1. The summed E-state index contributed by atoms with van der Waals surface area (Å²) in [5.41, 5.74) is 2.63. The van der Waals surface area contributed by atoms with Gasteiger partial charge in [-0.3, -0.25) is 14.5 Å². The van der Waals surface area contributed by atoms with Crippen molar-refractivity contribution in [2.45, 2.75) is 31.9 Å². The molecule has 0 bridgehead atoms. The molecule has 5 nitrogen and oxygen atoms in total. The van der Waals surface area contributed by atoms with E-state index in [1.165, 1.54) is 17.3 Å². The molecule has 1 saturated heterocycles. The van der Waals surface area contributed by atoms with Crippen LogP contribution in [0.5, 0.6) is 0 Å². The number of aryl methyl sites for hydroxylation is 1. The van der Waals surface area contributed by atoms with Crippen LogP contribution in [0.2, 0.25) is 5.02 Å². The summed E-state index contributed by atoms with van der Waals surface area (Å²) in [4.78, 5) is 31.3. The molecule has 146 valence electrons. The van der Waals surface area contributed by atoms with Gasteiger partial charge in [-0.05, 0) is 49.2 Å². The monoisotopic (exact) mass is 415 g/mol. The number of amides is 2. The molecule has 1 atom stereocenters. The van der Waals surface area contributed by atoms with Crippen molar-refractivity contribution < 1.29 is 9.59 Å². The largest absolute Gasteiger partial charge is 0.326 e. The number of benzene rings is 2. The Hall–Kier alpha value is -2.31. The number of aliphatic imine (C=N–C) groups is 1. The fraction of sp³-hybridized carbons (Fsp3) is 0.286. The van der Waals surface area contributed by atoms with E-state index in [2.05, 4.69) is 17.2 Å². The lowest BCUT2D eigenvalue weighted by molar-refractivity contribution is -0.128. The lowest BCUT2D eigenvalue weighted by Gasteiger charge is -2.13. The van der Waals surface area contributed by atoms with Crippen LogP contribution in [-0.2, 0) is 16.0 Å². The molecule has 0 radical (unpaired) electrons. The highest BCUT2D eigenvalue weighted by molar-refractivity contribution is 8.15. The van der Waals surface area contributed by atoms with Gasteiger partial charge in [0.25, 0.3) is 0 Å². The molecular formula is C21H22ClN3O2S. The quantitative estimate of drug-likeness (QED) is 0.731. The molecule has 0 aliphatic carbocycles. The molecule has 2 aromatic carbocycles. The molecule has 1 aliphatic rings. The minimum atomic E-state index is -0.479. The van der Waals surface area contributed by atoms with Crippen molar-refractivity contribution in [3.05, 3.63) is 59.1 Å². The summed E-state index contributed by atoms with van der Waals surface area (Å²) in [5.74, 6) is -0.278. The number of carbonyl (C=O) groups excluding carboxylic acids is 2. The number of thioether (sulfide) groups is 1. The molecule has 1 fully saturated rings. The van der Waals surface area contributed by atoms with Gasteiger partial charge in [0.05, 0.1) is 5.69 Å². The standard InChI is InChI=1S/C21H22ClN3O2S/c1-3-14-8-10-16(11-9-14)23-19(26)13-18-20(27)25(4-2)21(28-18)24-17-7-5-6-15(22)12-17/h5-12,18H,3-4,13H2,1-2H3,(H,23,26). The summed E-state index contributed by atoms with van der Waals surface area (Å²) in [5, 5.41) is 3.57. The van der Waals surface area contributed by atoms with Crippen LogP contribution >= 0.6 is 23.4 Å². The third-order valence-corrected chi connectivity index (χ3v) is 5.80. The van der Waals surface area contributed by atoms with Crippen molar-refractivity contribution in [1.29, 1.82) is 0 Å². The van der Waals surface area contributed by atoms with E-state index in [0.717, 1.165) is 12.1 Å². The highest BCUT2D eigenvalue weighted by Crippen LogP contribution is 2.32. The predicted octanol–water partition coefficient (Wildman–Crippen LogP) is 4.88. The average Bonchev–Trinajstić information content (AvgIpc) is 2.96. The van der Waals surface area contributed by atoms with Crippen LogP contribution in [0, 0.1) is 0 Å². The van der Waals surface area contributed by atoms with Crippen LogP contribution < -0.4 is 5.32 Å². The van der Waals surface area contributed by atoms with Gasteiger partial charge in [-0.25, -0.2) is 4.99 Å². The Morgan fingerprint density at radius 2 is 1.96 bits per heavy atom. The Bertz CT molecular complexity index is 899. The molecule has 1 unspecified atom stereocenters. The number of nitrogens with zero attached hydrogens (tertiary/aromatic N) is 2. The van der Waals surface area contributed by atoms with Crippen LogP contribution in [0.25, 0.3) is 0 Å². The van der Waals surface area contributed by atoms with Crippen molar-refractivity contribution in [3.8, 4) is 0 Å². The summed E-state index contributed by atoms with van der Waals surface area (Å²) in [7, 11) is 0. The molecule has 1 N–H and O–H groups in total. The Morgan fingerprint density at radius 1 is 1.21 bits per heavy atom. The van der Waals surface area contributed by atoms with Gasteiger partial charge in [0, 0.05) is 23.7 Å². The van der Waals surface area contributed by atoms with Crippen molar-refractivity contribution in [2.75, 3.05) is 11.9 Å². The Labute approximate surface area is 174 Å². The van der Waals surface area contributed by atoms with Gasteiger partial charge in [-0.2, -0.15) is 0 Å². The zero-order valence-electron chi connectivity index (χ0n) is 15.8. The first kappa shape index (κ1) is 20.4. The number of carbonyl (C=O) groups is 2. The molecule has 0 spiro atoms. The van der Waals surface area contributed by atoms with E-state index in [9.17, 15) is 9.59 Å². The van der Waals surface area contributed by atoms with Gasteiger partial charge in [0.15, 0.2) is 5.17 Å². The maximum absolute atomic E-state index is 12.7. The normalized spacial score (nSPS) is 18.0. The van der Waals surface area contributed by atoms with E-state index in [1.807, 2.05) is 43.3 Å². The number of hydrogen-bond acceptors (Lipinski definition) is 4. The summed E-state index contributed by atoms with van der Waals surface area (Å²) >= 11 is 7.33. The molecule has 7 heteroatoms. The third-order valence-electron chi connectivity index (χ3n) is 4.39. The predicted molar refractivity (Wildman–Crippen MR) is 116 cm³/mol. The second-order valence-electron chi connectivity index (χ2n) is 6.37. The first-order valence-corrected chi connectivity index (χ1v) is 10.5. The van der Waals surface area contributed by atoms with Crippen LogP contribution in [0.1, 0.15) is 25.8 Å². The third kappa shape index (κ3) is 4.94. The fourth-order valence-corrected chi connectivity index (χ4v) is 4.28. The maximum Gasteiger partial charge on any atom is 0.242 e. The second kappa shape index (κ2) is 9.26. The number of nitrogens with one attached hydrogen (secondary N) is 1. The molecule has 0 aromatic heterocycles. The molecule has 1 heterocycles. The van der Waals surface area contributed by atoms with E-state index >= 15 is 0 Å². The highest BCUT2D eigenvalue weighted by atomic mass is 35.5. The second-order valence-corrected chi connectivity index (χ2v) is 7.97. The topological polar surface area (TPSA) is 61.8 Å². The Kier molecular flexibility index (Phi) is 6.75. The highest BCUT2D eigenvalue weighted by Gasteiger charge is 2.38. The number of halogens is 1. The van der Waals surface area contributed by atoms with Crippen molar-refractivity contribution in [3.63, 3.8) is 0 Å². The van der Waals surface area contributed by atoms with E-state index in [4.69, 9.17) is 11.6 Å². The van der Waals surface area contributed by atoms with E-state index < -0.39 is 5.25 Å². The maximum atomic E-state index is 12.7. The number of amidine groups is 1. The molecule has 28 heavy (non-hydrogen) atoms. The summed E-state index contributed by atoms with van der Waals surface area (Å²) < 4.78 is 0. The summed E-state index contributed by atoms with van der Waals surface area (Å²) in [6.07, 6.45) is 1.05. The molecule has 3 rings (SSSR count). The summed E-state index contributed by atoms with van der Waals surface area (Å²) in [6.45, 7) is 4.48. The zero-order chi connectivity index (χ0) is 20.1. The molecule has 1 aliphatic heterocycles. The van der Waals surface area contributed by atoms with E-state index in [-0.39, 0.29) is 18.2 Å². The first-order valence-electron chi connectivity index (χ1n) is 9.21. The lowest BCUT2D eigenvalue weighted by Crippen LogP contribution is -2.33. The van der Waals surface area contributed by atoms with E-state index in [0.29, 0.717) is 22.4 Å². The van der Waals surface area contributed by atoms with Crippen molar-refractivity contribution in [2.24, 2.45) is 4.99 Å². The Morgan fingerprint density at radius 3 is 2.61 bits per heavy atom. The average molecular weight is 416 g/mol. The zero-order valence-corrected chi connectivity index (χ0v) is 17.4. The van der Waals surface area contributed by atoms with Crippen LogP contribution in [0.15, 0.2) is 53.5 Å². The van der Waals surface area contributed by atoms with Crippen LogP contribution in [0.4, 0.5) is 11.4 Å². The first-order chi connectivity index (χ1) is 13.5. The van der Waals surface area contributed by atoms with Crippen LogP contribution in [-0.4, -0.2) is 33.7 Å². The molecule has 2 amide bonds. The van der Waals surface area contributed by atoms with Gasteiger partial charge in [0.1, 0.15) is 5.25 Å². The van der Waals surface area contributed by atoms with Crippen LogP contribution in [0.3, 0.4) is 0 Å². The van der Waals surface area contributed by atoms with Gasteiger partial charge in [0.2, 0.25) is 11.8 Å². The Balaban J connectivity index is 1.68.